The summed E-state index contributed by atoms with van der Waals surface area (Å²) in [7, 11) is 0. The van der Waals surface area contributed by atoms with E-state index in [0.29, 0.717) is 11.1 Å². The van der Waals surface area contributed by atoms with Crippen LogP contribution in [0.5, 0.6) is 0 Å². The average Bonchev–Trinajstić information content (AvgIpc) is 2.53. The lowest BCUT2D eigenvalue weighted by Gasteiger charge is -2.16. The van der Waals surface area contributed by atoms with Gasteiger partial charge < -0.3 is 9.47 Å². The highest BCUT2D eigenvalue weighted by Gasteiger charge is 2.24. The highest BCUT2D eigenvalue weighted by molar-refractivity contribution is 6.04. The van der Waals surface area contributed by atoms with Crippen molar-refractivity contribution in [1.82, 2.24) is 0 Å². The Bertz CT molecular complexity index is 561. The summed E-state index contributed by atoms with van der Waals surface area (Å²) in [4.78, 5) is 25.0. The molecular weight excluding hydrogens is 316 g/mol. The van der Waals surface area contributed by atoms with Gasteiger partial charge in [-0.2, -0.15) is 0 Å². The van der Waals surface area contributed by atoms with Gasteiger partial charge in [-0.1, -0.05) is 44.7 Å². The molecule has 1 aromatic rings. The Morgan fingerprint density at radius 3 is 2.08 bits per heavy atom. The second kappa shape index (κ2) is 10.9. The molecule has 25 heavy (non-hydrogen) atoms. The number of aryl methyl sites for hydroxylation is 1. The molecule has 0 saturated heterocycles. The van der Waals surface area contributed by atoms with Gasteiger partial charge in [0.15, 0.2) is 0 Å². The number of hydrogen-bond acceptors (Lipinski definition) is 4. The van der Waals surface area contributed by atoms with Gasteiger partial charge in [-0.15, -0.1) is 0 Å². The minimum atomic E-state index is -0.474. The number of ether oxygens (including phenoxy) is 2. The van der Waals surface area contributed by atoms with Crippen molar-refractivity contribution >= 4 is 11.9 Å². The molecule has 0 aliphatic heterocycles. The van der Waals surface area contributed by atoms with Crippen LogP contribution in [0, 0.1) is 0 Å². The van der Waals surface area contributed by atoms with Crippen LogP contribution in [-0.2, 0) is 15.9 Å². The topological polar surface area (TPSA) is 52.6 Å². The lowest BCUT2D eigenvalue weighted by molar-refractivity contribution is 0.0326. The lowest BCUT2D eigenvalue weighted by Crippen LogP contribution is -2.20. The molecule has 1 rings (SSSR count). The van der Waals surface area contributed by atoms with Gasteiger partial charge >= 0.3 is 11.9 Å². The second-order valence-corrected chi connectivity index (χ2v) is 6.91. The Kier molecular flexibility index (Phi) is 9.25. The molecule has 0 aliphatic rings. The molecule has 0 atom stereocenters. The molecule has 0 saturated carbocycles. The van der Waals surface area contributed by atoms with E-state index in [1.807, 2.05) is 12.1 Å². The Hall–Kier alpha value is -1.84. The first-order valence-electron chi connectivity index (χ1n) is 9.40. The fourth-order valence-electron chi connectivity index (χ4n) is 2.69. The zero-order chi connectivity index (χ0) is 18.8. The molecule has 140 valence electrons. The van der Waals surface area contributed by atoms with Crippen LogP contribution in [0.15, 0.2) is 18.2 Å². The molecule has 0 radical (unpaired) electrons. The van der Waals surface area contributed by atoms with Crippen LogP contribution >= 0.6 is 0 Å². The van der Waals surface area contributed by atoms with Crippen LogP contribution in [0.25, 0.3) is 0 Å². The quantitative estimate of drug-likeness (QED) is 0.423. The number of carbonyl (C=O) groups is 2. The zero-order valence-electron chi connectivity index (χ0n) is 16.3. The normalized spacial score (nSPS) is 11.0. The van der Waals surface area contributed by atoms with Crippen molar-refractivity contribution in [1.29, 1.82) is 0 Å². The second-order valence-electron chi connectivity index (χ2n) is 6.91. The molecule has 4 nitrogen and oxygen atoms in total. The average molecular weight is 348 g/mol. The van der Waals surface area contributed by atoms with Gasteiger partial charge in [0.1, 0.15) is 0 Å². The van der Waals surface area contributed by atoms with Gasteiger partial charge in [-0.25, -0.2) is 9.59 Å². The van der Waals surface area contributed by atoms with Crippen molar-refractivity contribution in [3.05, 3.63) is 34.9 Å². The molecule has 0 unspecified atom stereocenters. The Morgan fingerprint density at radius 2 is 1.48 bits per heavy atom. The fraction of sp³-hybridized carbons (Fsp3) is 0.619. The lowest BCUT2D eigenvalue weighted by atomic mass is 9.96. The summed E-state index contributed by atoms with van der Waals surface area (Å²) in [6, 6.07) is 5.36. The van der Waals surface area contributed by atoms with Gasteiger partial charge in [0.25, 0.3) is 0 Å². The first-order chi connectivity index (χ1) is 11.9. The number of esters is 2. The Morgan fingerprint density at radius 1 is 0.880 bits per heavy atom. The third-order valence-electron chi connectivity index (χ3n) is 3.81. The first kappa shape index (κ1) is 21.2. The summed E-state index contributed by atoms with van der Waals surface area (Å²) in [6.07, 6.45) is 6.01. The van der Waals surface area contributed by atoms with Gasteiger partial charge in [-0.05, 0) is 52.2 Å². The van der Waals surface area contributed by atoms with Crippen molar-refractivity contribution in [2.75, 3.05) is 0 Å². The van der Waals surface area contributed by atoms with Crippen LogP contribution in [-0.4, -0.2) is 24.1 Å². The number of hydrogen-bond donors (Lipinski definition) is 0. The molecule has 0 bridgehead atoms. The van der Waals surface area contributed by atoms with Crippen LogP contribution in [0.4, 0.5) is 0 Å². The van der Waals surface area contributed by atoms with Crippen LogP contribution in [0.1, 0.15) is 93.0 Å². The summed E-state index contributed by atoms with van der Waals surface area (Å²) < 4.78 is 10.7. The van der Waals surface area contributed by atoms with Crippen LogP contribution in [0.3, 0.4) is 0 Å². The number of benzene rings is 1. The molecule has 0 heterocycles. The molecule has 0 amide bonds. The maximum Gasteiger partial charge on any atom is 0.339 e. The predicted octanol–water partition coefficient (Wildman–Crippen LogP) is 5.33. The molecule has 0 fully saturated rings. The Balaban J connectivity index is 3.04. The van der Waals surface area contributed by atoms with Gasteiger partial charge in [0.05, 0.1) is 23.3 Å². The maximum atomic E-state index is 12.6. The monoisotopic (exact) mass is 348 g/mol. The van der Waals surface area contributed by atoms with Crippen molar-refractivity contribution in [2.45, 2.75) is 85.4 Å². The molecule has 0 spiro atoms. The highest BCUT2D eigenvalue weighted by atomic mass is 16.5. The van der Waals surface area contributed by atoms with Crippen molar-refractivity contribution in [3.63, 3.8) is 0 Å². The van der Waals surface area contributed by atoms with Crippen molar-refractivity contribution in [2.24, 2.45) is 0 Å². The van der Waals surface area contributed by atoms with Crippen molar-refractivity contribution < 1.29 is 19.1 Å². The number of unbranched alkanes of at least 4 members (excludes halogenated alkanes) is 4. The summed E-state index contributed by atoms with van der Waals surface area (Å²) in [5.41, 5.74) is 1.52. The minimum Gasteiger partial charge on any atom is -0.459 e. The molecule has 1 aromatic carbocycles. The van der Waals surface area contributed by atoms with E-state index in [1.54, 1.807) is 33.8 Å². The minimum absolute atomic E-state index is 0.237. The van der Waals surface area contributed by atoms with Gasteiger partial charge in [0.2, 0.25) is 0 Å². The third kappa shape index (κ3) is 7.29. The molecule has 0 N–H and O–H groups in total. The summed E-state index contributed by atoms with van der Waals surface area (Å²) in [6.45, 7) is 9.38. The van der Waals surface area contributed by atoms with E-state index in [-0.39, 0.29) is 12.2 Å². The third-order valence-corrected chi connectivity index (χ3v) is 3.81. The molecular formula is C21H32O4. The standard InChI is InChI=1S/C21H32O4/c1-6-7-8-9-10-12-17-13-11-14-18(20(22)24-15(2)3)19(17)21(23)25-16(4)5/h11,13-16H,6-10,12H2,1-5H3. The SMILES string of the molecule is CCCCCCCc1cccc(C(=O)OC(C)C)c1C(=O)OC(C)C. The summed E-state index contributed by atoms with van der Waals surface area (Å²) in [5.74, 6) is -0.923. The zero-order valence-corrected chi connectivity index (χ0v) is 16.3. The van der Waals surface area contributed by atoms with E-state index in [0.717, 1.165) is 24.8 Å². The smallest absolute Gasteiger partial charge is 0.339 e. The van der Waals surface area contributed by atoms with E-state index in [2.05, 4.69) is 6.92 Å². The first-order valence-corrected chi connectivity index (χ1v) is 9.40. The highest BCUT2D eigenvalue weighted by Crippen LogP contribution is 2.21. The van der Waals surface area contributed by atoms with E-state index in [1.165, 1.54) is 19.3 Å². The fourth-order valence-corrected chi connectivity index (χ4v) is 2.69. The van der Waals surface area contributed by atoms with E-state index in [4.69, 9.17) is 9.47 Å². The van der Waals surface area contributed by atoms with Gasteiger partial charge in [0, 0.05) is 0 Å². The largest absolute Gasteiger partial charge is 0.459 e. The van der Waals surface area contributed by atoms with Gasteiger partial charge in [-0.3, -0.25) is 0 Å². The number of carbonyl (C=O) groups excluding carboxylic acids is 2. The Labute approximate surface area is 151 Å². The van der Waals surface area contributed by atoms with E-state index < -0.39 is 11.9 Å². The molecule has 0 aromatic heterocycles. The summed E-state index contributed by atoms with van der Waals surface area (Å²) in [5, 5.41) is 0. The van der Waals surface area contributed by atoms with E-state index >= 15 is 0 Å². The van der Waals surface area contributed by atoms with Crippen LogP contribution in [0.2, 0.25) is 0 Å². The maximum absolute atomic E-state index is 12.6. The summed E-state index contributed by atoms with van der Waals surface area (Å²) >= 11 is 0. The van der Waals surface area contributed by atoms with E-state index in [9.17, 15) is 9.59 Å². The molecule has 4 heteroatoms. The molecule has 0 aliphatic carbocycles. The van der Waals surface area contributed by atoms with Crippen LogP contribution < -0.4 is 0 Å². The number of rotatable bonds is 10. The predicted molar refractivity (Wildman–Crippen MR) is 100 cm³/mol. The van der Waals surface area contributed by atoms with Crippen molar-refractivity contribution in [3.8, 4) is 0 Å².